The minimum atomic E-state index is -4.03. The fourth-order valence-corrected chi connectivity index (χ4v) is 5.22. The fraction of sp³-hybridized carbons (Fsp3) is 0.421. The number of hydrogen-bond donors (Lipinski definition) is 2. The maximum Gasteiger partial charge on any atom is 0.276 e. The molecule has 1 aromatic carbocycles. The summed E-state index contributed by atoms with van der Waals surface area (Å²) in [6.07, 6.45) is 2.95. The van der Waals surface area contributed by atoms with Gasteiger partial charge in [-0.05, 0) is 60.4 Å². The van der Waals surface area contributed by atoms with Crippen molar-refractivity contribution in [2.45, 2.75) is 44.9 Å². The molecule has 146 valence electrons. The lowest BCUT2D eigenvalue weighted by Crippen LogP contribution is -2.41. The summed E-state index contributed by atoms with van der Waals surface area (Å²) >= 11 is 1.40. The molecule has 5 nitrogen and oxygen atoms in total. The van der Waals surface area contributed by atoms with Crippen LogP contribution in [0.5, 0.6) is 0 Å². The maximum absolute atomic E-state index is 13.2. The van der Waals surface area contributed by atoms with Gasteiger partial charge in [0.15, 0.2) is 0 Å². The molecule has 1 aromatic heterocycles. The van der Waals surface area contributed by atoms with Crippen molar-refractivity contribution >= 4 is 27.3 Å². The second-order valence-corrected chi connectivity index (χ2v) is 10.7. The molecule has 0 spiro atoms. The van der Waals surface area contributed by atoms with E-state index in [1.54, 1.807) is 0 Å². The van der Waals surface area contributed by atoms with Crippen molar-refractivity contribution in [2.75, 3.05) is 0 Å². The number of nitrogens with one attached hydrogen (secondary N) is 2. The number of benzene rings is 1. The minimum Gasteiger partial charge on any atom is -0.273 e. The molecule has 0 saturated heterocycles. The Morgan fingerprint density at radius 1 is 1.26 bits per heavy atom. The van der Waals surface area contributed by atoms with Crippen LogP contribution in [0, 0.1) is 17.2 Å². The molecule has 0 fully saturated rings. The van der Waals surface area contributed by atoms with E-state index in [9.17, 15) is 17.6 Å². The molecule has 1 aliphatic carbocycles. The Kier molecular flexibility index (Phi) is 5.42. The van der Waals surface area contributed by atoms with E-state index in [1.807, 2.05) is 10.9 Å². The average molecular weight is 411 g/mol. The van der Waals surface area contributed by atoms with E-state index < -0.39 is 21.7 Å². The maximum atomic E-state index is 13.2. The van der Waals surface area contributed by atoms with Crippen LogP contribution in [-0.4, -0.2) is 14.3 Å². The first-order valence-corrected chi connectivity index (χ1v) is 11.1. The average Bonchev–Trinajstić information content (AvgIpc) is 3.02. The predicted octanol–water partition coefficient (Wildman–Crippen LogP) is 3.66. The van der Waals surface area contributed by atoms with E-state index in [1.165, 1.54) is 33.9 Å². The molecule has 2 N–H and O–H groups in total. The standard InChI is InChI=1S/C19H23FN2O3S2/c1-19(2,3)13-7-8-16-12(9-13)10-17(26-16)18(23)21-22-27(24,25)15-6-4-5-14(20)11-15/h4-6,10-11,13,22H,7-9H2,1-3H3,(H,21,23)/t13-/m0/s1. The molecule has 3 rings (SSSR count). The first-order chi connectivity index (χ1) is 12.6. The van der Waals surface area contributed by atoms with E-state index >= 15 is 0 Å². The van der Waals surface area contributed by atoms with Crippen molar-refractivity contribution in [2.24, 2.45) is 11.3 Å². The zero-order valence-electron chi connectivity index (χ0n) is 15.5. The van der Waals surface area contributed by atoms with Gasteiger partial charge >= 0.3 is 0 Å². The van der Waals surface area contributed by atoms with Crippen LogP contribution in [0.1, 0.15) is 47.3 Å². The van der Waals surface area contributed by atoms with Gasteiger partial charge in [-0.15, -0.1) is 16.2 Å². The number of sulfonamides is 1. The van der Waals surface area contributed by atoms with E-state index in [0.717, 1.165) is 31.4 Å². The van der Waals surface area contributed by atoms with Gasteiger partial charge in [-0.1, -0.05) is 26.8 Å². The van der Waals surface area contributed by atoms with Crippen molar-refractivity contribution in [1.29, 1.82) is 0 Å². The summed E-state index contributed by atoms with van der Waals surface area (Å²) in [5.41, 5.74) is 3.60. The second kappa shape index (κ2) is 7.33. The summed E-state index contributed by atoms with van der Waals surface area (Å²) in [6.45, 7) is 6.68. The van der Waals surface area contributed by atoms with Gasteiger partial charge in [-0.2, -0.15) is 0 Å². The number of carbonyl (C=O) groups excluding carboxylic acids is 1. The highest BCUT2D eigenvalue weighted by atomic mass is 32.2. The summed E-state index contributed by atoms with van der Waals surface area (Å²) in [4.78, 5) is 15.8. The van der Waals surface area contributed by atoms with Crippen LogP contribution in [0.3, 0.4) is 0 Å². The predicted molar refractivity (Wildman–Crippen MR) is 103 cm³/mol. The largest absolute Gasteiger partial charge is 0.276 e. The molecule has 1 aliphatic rings. The highest BCUT2D eigenvalue weighted by Crippen LogP contribution is 2.40. The van der Waals surface area contributed by atoms with Crippen LogP contribution in [0.4, 0.5) is 4.39 Å². The van der Waals surface area contributed by atoms with Gasteiger partial charge in [0.2, 0.25) is 0 Å². The van der Waals surface area contributed by atoms with Gasteiger partial charge in [0.1, 0.15) is 5.82 Å². The van der Waals surface area contributed by atoms with E-state index in [2.05, 4.69) is 26.2 Å². The molecule has 2 aromatic rings. The van der Waals surface area contributed by atoms with Gasteiger partial charge in [0.25, 0.3) is 15.9 Å². The topological polar surface area (TPSA) is 75.3 Å². The Hall–Kier alpha value is -1.77. The number of hydrazine groups is 1. The SMILES string of the molecule is CC(C)(C)[C@H]1CCc2sc(C(=O)NNS(=O)(=O)c3cccc(F)c3)cc2C1. The Morgan fingerprint density at radius 3 is 2.67 bits per heavy atom. The third-order valence-corrected chi connectivity index (χ3v) is 7.42. The summed E-state index contributed by atoms with van der Waals surface area (Å²) in [5, 5.41) is 0. The number of hydrogen-bond acceptors (Lipinski definition) is 4. The summed E-state index contributed by atoms with van der Waals surface area (Å²) in [5.74, 6) is -0.618. The third-order valence-electron chi connectivity index (χ3n) is 4.94. The highest BCUT2D eigenvalue weighted by molar-refractivity contribution is 7.89. The Balaban J connectivity index is 1.69. The van der Waals surface area contributed by atoms with Crippen molar-refractivity contribution in [3.63, 3.8) is 0 Å². The molecule has 0 bridgehead atoms. The van der Waals surface area contributed by atoms with Crippen LogP contribution in [0.15, 0.2) is 35.2 Å². The van der Waals surface area contributed by atoms with Crippen LogP contribution >= 0.6 is 11.3 Å². The molecule has 0 unspecified atom stereocenters. The summed E-state index contributed by atoms with van der Waals surface area (Å²) in [6, 6.07) is 6.45. The van der Waals surface area contributed by atoms with Crippen LogP contribution in [-0.2, 0) is 22.9 Å². The molecule has 1 heterocycles. The monoisotopic (exact) mass is 410 g/mol. The minimum absolute atomic E-state index is 0.211. The molecular formula is C19H23FN2O3S2. The van der Waals surface area contributed by atoms with Crippen LogP contribution in [0.2, 0.25) is 0 Å². The van der Waals surface area contributed by atoms with Gasteiger partial charge in [-0.25, -0.2) is 12.8 Å². The van der Waals surface area contributed by atoms with Crippen molar-refractivity contribution in [3.05, 3.63) is 51.5 Å². The Labute approximate surface area is 163 Å². The lowest BCUT2D eigenvalue weighted by molar-refractivity contribution is 0.0949. The van der Waals surface area contributed by atoms with Gasteiger partial charge < -0.3 is 0 Å². The molecule has 0 aliphatic heterocycles. The van der Waals surface area contributed by atoms with E-state index in [0.29, 0.717) is 10.8 Å². The second-order valence-electron chi connectivity index (χ2n) is 7.88. The zero-order chi connectivity index (χ0) is 19.8. The lowest BCUT2D eigenvalue weighted by atomic mass is 9.72. The van der Waals surface area contributed by atoms with Crippen molar-refractivity contribution < 1.29 is 17.6 Å². The molecule has 1 atom stereocenters. The number of carbonyl (C=O) groups is 1. The van der Waals surface area contributed by atoms with E-state index in [4.69, 9.17) is 0 Å². The number of thiophene rings is 1. The van der Waals surface area contributed by atoms with Gasteiger partial charge in [-0.3, -0.25) is 10.2 Å². The van der Waals surface area contributed by atoms with Crippen LogP contribution in [0.25, 0.3) is 0 Å². The molecule has 1 amide bonds. The third kappa shape index (κ3) is 4.56. The van der Waals surface area contributed by atoms with E-state index in [-0.39, 0.29) is 10.3 Å². The normalized spacial score (nSPS) is 17.4. The summed E-state index contributed by atoms with van der Waals surface area (Å²) in [7, 11) is -4.03. The van der Waals surface area contributed by atoms with Gasteiger partial charge in [0.05, 0.1) is 9.77 Å². The number of rotatable bonds is 4. The number of aryl methyl sites for hydroxylation is 1. The molecule has 27 heavy (non-hydrogen) atoms. The fourth-order valence-electron chi connectivity index (χ4n) is 3.24. The Bertz CT molecular complexity index is 962. The molecule has 8 heteroatoms. The number of halogens is 1. The highest BCUT2D eigenvalue weighted by Gasteiger charge is 2.30. The van der Waals surface area contributed by atoms with Crippen molar-refractivity contribution in [3.8, 4) is 0 Å². The number of amides is 1. The summed E-state index contributed by atoms with van der Waals surface area (Å²) < 4.78 is 37.6. The zero-order valence-corrected chi connectivity index (χ0v) is 17.1. The van der Waals surface area contributed by atoms with Crippen molar-refractivity contribution in [1.82, 2.24) is 10.3 Å². The molecule has 0 saturated carbocycles. The molecule has 0 radical (unpaired) electrons. The van der Waals surface area contributed by atoms with Gasteiger partial charge in [0, 0.05) is 4.88 Å². The Morgan fingerprint density at radius 2 is 2.00 bits per heavy atom. The molecular weight excluding hydrogens is 387 g/mol. The first-order valence-electron chi connectivity index (χ1n) is 8.75. The quantitative estimate of drug-likeness (QED) is 0.756. The van der Waals surface area contributed by atoms with Crippen LogP contribution < -0.4 is 10.3 Å². The number of fused-ring (bicyclic) bond motifs is 1. The smallest absolute Gasteiger partial charge is 0.273 e. The lowest BCUT2D eigenvalue weighted by Gasteiger charge is -2.33. The first kappa shape index (κ1) is 20.0.